The molecule has 2 N–H and O–H groups in total. The van der Waals surface area contributed by atoms with Gasteiger partial charge in [-0.15, -0.1) is 0 Å². The molecule has 1 aromatic heterocycles. The molecule has 0 aliphatic carbocycles. The third-order valence-corrected chi connectivity index (χ3v) is 4.76. The normalized spacial score (nSPS) is 24.3. The van der Waals surface area contributed by atoms with Crippen LogP contribution in [-0.4, -0.2) is 47.0 Å². The molecule has 0 saturated carbocycles. The first-order chi connectivity index (χ1) is 10.3. The predicted molar refractivity (Wildman–Crippen MR) is 82.9 cm³/mol. The molecule has 5 nitrogen and oxygen atoms in total. The highest BCUT2D eigenvalue weighted by Crippen LogP contribution is 2.24. The molecule has 1 atom stereocenters. The van der Waals surface area contributed by atoms with Crippen LogP contribution in [0.15, 0.2) is 22.6 Å². The molecule has 3 heterocycles. The summed E-state index contributed by atoms with van der Waals surface area (Å²) >= 11 is 0. The average molecular weight is 286 g/mol. The molecule has 5 heteroatoms. The van der Waals surface area contributed by atoms with E-state index in [2.05, 4.69) is 14.8 Å². The molecule has 4 rings (SSSR count). The van der Waals surface area contributed by atoms with Crippen molar-refractivity contribution in [3.8, 4) is 0 Å². The maximum absolute atomic E-state index is 5.94. The topological polar surface area (TPSA) is 58.5 Å². The maximum atomic E-state index is 5.94. The Morgan fingerprint density at radius 2 is 2.10 bits per heavy atom. The van der Waals surface area contributed by atoms with E-state index < -0.39 is 0 Å². The number of benzene rings is 1. The molecule has 2 fully saturated rings. The third-order valence-electron chi connectivity index (χ3n) is 4.76. The SMILES string of the molecule is Nc1cccc2oc(CN3CCC(N4CCCC4)C3)nc12. The summed E-state index contributed by atoms with van der Waals surface area (Å²) in [5.74, 6) is 0.782. The lowest BCUT2D eigenvalue weighted by Gasteiger charge is -2.23. The number of nitrogens with zero attached hydrogens (tertiary/aromatic N) is 3. The Morgan fingerprint density at radius 1 is 1.24 bits per heavy atom. The number of oxazole rings is 1. The average Bonchev–Trinajstić information content (AvgIpc) is 3.18. The fourth-order valence-corrected chi connectivity index (χ4v) is 3.64. The van der Waals surface area contributed by atoms with Crippen molar-refractivity contribution in [2.24, 2.45) is 0 Å². The van der Waals surface area contributed by atoms with Gasteiger partial charge in [0.1, 0.15) is 5.52 Å². The molecule has 0 radical (unpaired) electrons. The van der Waals surface area contributed by atoms with Crippen molar-refractivity contribution in [1.29, 1.82) is 0 Å². The highest BCUT2D eigenvalue weighted by molar-refractivity contribution is 5.85. The van der Waals surface area contributed by atoms with E-state index in [1.54, 1.807) is 0 Å². The van der Waals surface area contributed by atoms with E-state index in [1.807, 2.05) is 18.2 Å². The lowest BCUT2D eigenvalue weighted by Crippen LogP contribution is -2.35. The van der Waals surface area contributed by atoms with Gasteiger partial charge in [0.25, 0.3) is 0 Å². The zero-order valence-electron chi connectivity index (χ0n) is 12.3. The van der Waals surface area contributed by atoms with E-state index in [-0.39, 0.29) is 0 Å². The van der Waals surface area contributed by atoms with E-state index in [0.29, 0.717) is 5.69 Å². The molecular formula is C16H22N4O. The zero-order valence-corrected chi connectivity index (χ0v) is 12.3. The first-order valence-electron chi connectivity index (χ1n) is 7.90. The Bertz CT molecular complexity index is 632. The van der Waals surface area contributed by atoms with Gasteiger partial charge in [-0.1, -0.05) is 6.07 Å². The van der Waals surface area contributed by atoms with E-state index in [1.165, 1.54) is 32.4 Å². The fraction of sp³-hybridized carbons (Fsp3) is 0.562. The molecule has 21 heavy (non-hydrogen) atoms. The molecule has 2 aliphatic rings. The second-order valence-corrected chi connectivity index (χ2v) is 6.22. The van der Waals surface area contributed by atoms with Gasteiger partial charge in [-0.25, -0.2) is 4.98 Å². The number of hydrogen-bond donors (Lipinski definition) is 1. The predicted octanol–water partition coefficient (Wildman–Crippen LogP) is 2.08. The number of nitrogens with two attached hydrogens (primary N) is 1. The number of rotatable bonds is 3. The Hall–Kier alpha value is -1.59. The lowest BCUT2D eigenvalue weighted by molar-refractivity contribution is 0.222. The van der Waals surface area contributed by atoms with Crippen molar-refractivity contribution in [3.63, 3.8) is 0 Å². The number of para-hydroxylation sites is 1. The first-order valence-corrected chi connectivity index (χ1v) is 7.90. The van der Waals surface area contributed by atoms with Gasteiger partial charge in [0.05, 0.1) is 12.2 Å². The van der Waals surface area contributed by atoms with Crippen LogP contribution in [0, 0.1) is 0 Å². The second kappa shape index (κ2) is 5.31. The van der Waals surface area contributed by atoms with Crippen molar-refractivity contribution < 1.29 is 4.42 Å². The summed E-state index contributed by atoms with van der Waals surface area (Å²) in [6, 6.07) is 6.43. The second-order valence-electron chi connectivity index (χ2n) is 6.22. The van der Waals surface area contributed by atoms with Crippen molar-refractivity contribution in [2.45, 2.75) is 31.8 Å². The lowest BCUT2D eigenvalue weighted by atomic mass is 10.2. The molecule has 2 saturated heterocycles. The summed E-state index contributed by atoms with van der Waals surface area (Å²) < 4.78 is 5.83. The summed E-state index contributed by atoms with van der Waals surface area (Å²) in [7, 11) is 0. The Morgan fingerprint density at radius 3 is 2.90 bits per heavy atom. The minimum absolute atomic E-state index is 0.693. The van der Waals surface area contributed by atoms with E-state index in [0.717, 1.165) is 42.7 Å². The molecular weight excluding hydrogens is 264 g/mol. The summed E-state index contributed by atoms with van der Waals surface area (Å²) in [6.45, 7) is 5.61. The zero-order chi connectivity index (χ0) is 14.2. The van der Waals surface area contributed by atoms with Crippen LogP contribution in [0.1, 0.15) is 25.2 Å². The van der Waals surface area contributed by atoms with Crippen LogP contribution in [0.25, 0.3) is 11.1 Å². The minimum Gasteiger partial charge on any atom is -0.439 e. The smallest absolute Gasteiger partial charge is 0.209 e. The highest BCUT2D eigenvalue weighted by Gasteiger charge is 2.29. The van der Waals surface area contributed by atoms with Gasteiger partial charge in [0.15, 0.2) is 5.58 Å². The van der Waals surface area contributed by atoms with Crippen molar-refractivity contribution in [1.82, 2.24) is 14.8 Å². The number of aromatic nitrogens is 1. The standard InChI is InChI=1S/C16H22N4O/c17-13-4-3-5-14-16(13)18-15(21-14)11-19-9-6-12(10-19)20-7-1-2-8-20/h3-5,12H,1-2,6-11,17H2. The molecule has 0 amide bonds. The van der Waals surface area contributed by atoms with E-state index in [9.17, 15) is 0 Å². The van der Waals surface area contributed by atoms with Gasteiger partial charge >= 0.3 is 0 Å². The van der Waals surface area contributed by atoms with Crippen molar-refractivity contribution in [2.75, 3.05) is 31.9 Å². The number of fused-ring (bicyclic) bond motifs is 1. The number of anilines is 1. The summed E-state index contributed by atoms with van der Waals surface area (Å²) in [5.41, 5.74) is 8.22. The fourth-order valence-electron chi connectivity index (χ4n) is 3.64. The Balaban J connectivity index is 1.44. The van der Waals surface area contributed by atoms with Crippen molar-refractivity contribution in [3.05, 3.63) is 24.1 Å². The maximum Gasteiger partial charge on any atom is 0.209 e. The van der Waals surface area contributed by atoms with Gasteiger partial charge in [-0.3, -0.25) is 9.80 Å². The van der Waals surface area contributed by atoms with Crippen LogP contribution in [0.3, 0.4) is 0 Å². The molecule has 112 valence electrons. The quantitative estimate of drug-likeness (QED) is 0.875. The minimum atomic E-state index is 0.693. The van der Waals surface area contributed by atoms with Gasteiger partial charge < -0.3 is 10.2 Å². The monoisotopic (exact) mass is 286 g/mol. The molecule has 2 aliphatic heterocycles. The third kappa shape index (κ3) is 2.51. The van der Waals surface area contributed by atoms with Crippen LogP contribution in [0.5, 0.6) is 0 Å². The van der Waals surface area contributed by atoms with Crippen molar-refractivity contribution >= 4 is 16.8 Å². The van der Waals surface area contributed by atoms with Crippen LogP contribution < -0.4 is 5.73 Å². The molecule has 0 bridgehead atoms. The Kier molecular flexibility index (Phi) is 3.31. The molecule has 2 aromatic rings. The molecule has 0 spiro atoms. The highest BCUT2D eigenvalue weighted by atomic mass is 16.3. The van der Waals surface area contributed by atoms with Crippen LogP contribution in [0.2, 0.25) is 0 Å². The first kappa shape index (κ1) is 13.1. The summed E-state index contributed by atoms with van der Waals surface area (Å²) in [6.07, 6.45) is 3.99. The number of likely N-dealkylation sites (tertiary alicyclic amines) is 2. The summed E-state index contributed by atoms with van der Waals surface area (Å²) in [4.78, 5) is 9.64. The van der Waals surface area contributed by atoms with Gasteiger partial charge in [0.2, 0.25) is 5.89 Å². The molecule has 1 aromatic carbocycles. The molecule has 1 unspecified atom stereocenters. The number of hydrogen-bond acceptors (Lipinski definition) is 5. The van der Waals surface area contributed by atoms with Gasteiger partial charge in [-0.05, 0) is 44.5 Å². The summed E-state index contributed by atoms with van der Waals surface area (Å²) in [5, 5.41) is 0. The van der Waals surface area contributed by atoms with Gasteiger partial charge in [0, 0.05) is 19.1 Å². The Labute approximate surface area is 124 Å². The largest absolute Gasteiger partial charge is 0.439 e. The van der Waals surface area contributed by atoms with Crippen LogP contribution >= 0.6 is 0 Å². The van der Waals surface area contributed by atoms with Crippen LogP contribution in [0.4, 0.5) is 5.69 Å². The van der Waals surface area contributed by atoms with Gasteiger partial charge in [-0.2, -0.15) is 0 Å². The van der Waals surface area contributed by atoms with E-state index >= 15 is 0 Å². The van der Waals surface area contributed by atoms with E-state index in [4.69, 9.17) is 10.2 Å². The van der Waals surface area contributed by atoms with Crippen LogP contribution in [-0.2, 0) is 6.54 Å². The number of nitrogen functional groups attached to an aromatic ring is 1.